The van der Waals surface area contributed by atoms with E-state index in [-0.39, 0.29) is 23.6 Å². The van der Waals surface area contributed by atoms with Crippen molar-refractivity contribution < 1.29 is 9.53 Å². The Labute approximate surface area is 98.1 Å². The molecule has 0 radical (unpaired) electrons. The molecule has 16 heavy (non-hydrogen) atoms. The van der Waals surface area contributed by atoms with Crippen LogP contribution in [0.15, 0.2) is 0 Å². The van der Waals surface area contributed by atoms with Crippen molar-refractivity contribution in [2.75, 3.05) is 13.2 Å². The fraction of sp³-hybridized carbons (Fsp3) is 0.917. The van der Waals surface area contributed by atoms with Gasteiger partial charge < -0.3 is 15.4 Å². The Morgan fingerprint density at radius 2 is 2.12 bits per heavy atom. The minimum atomic E-state index is 0.0735. The quantitative estimate of drug-likeness (QED) is 0.756. The third kappa shape index (κ3) is 4.94. The average Bonchev–Trinajstić information content (AvgIpc) is 2.49. The Morgan fingerprint density at radius 3 is 2.62 bits per heavy atom. The van der Waals surface area contributed by atoms with Crippen molar-refractivity contribution in [2.24, 2.45) is 0 Å². The van der Waals surface area contributed by atoms with Crippen molar-refractivity contribution in [3.05, 3.63) is 0 Å². The smallest absolute Gasteiger partial charge is 0.221 e. The van der Waals surface area contributed by atoms with Crippen molar-refractivity contribution in [1.82, 2.24) is 10.6 Å². The van der Waals surface area contributed by atoms with Gasteiger partial charge in [0.15, 0.2) is 0 Å². The second kappa shape index (κ2) is 5.64. The monoisotopic (exact) mass is 228 g/mol. The van der Waals surface area contributed by atoms with Gasteiger partial charge in [0.05, 0.1) is 12.1 Å². The van der Waals surface area contributed by atoms with E-state index in [1.54, 1.807) is 0 Å². The number of carbonyl (C=O) groups excluding carboxylic acids is 1. The Morgan fingerprint density at radius 1 is 1.44 bits per heavy atom. The molecular formula is C12H24N2O2. The van der Waals surface area contributed by atoms with Crippen molar-refractivity contribution in [2.45, 2.75) is 58.2 Å². The molecule has 0 aliphatic carbocycles. The second-order valence-electron chi connectivity index (χ2n) is 5.47. The van der Waals surface area contributed by atoms with Gasteiger partial charge in [0.2, 0.25) is 5.91 Å². The summed E-state index contributed by atoms with van der Waals surface area (Å²) in [6.45, 7) is 9.77. The minimum Gasteiger partial charge on any atom is -0.376 e. The topological polar surface area (TPSA) is 50.4 Å². The first-order valence-electron chi connectivity index (χ1n) is 6.04. The predicted octanol–water partition coefficient (Wildman–Crippen LogP) is 1.06. The van der Waals surface area contributed by atoms with Crippen LogP contribution in [0, 0.1) is 0 Å². The minimum absolute atomic E-state index is 0.0735. The van der Waals surface area contributed by atoms with Crippen molar-refractivity contribution in [3.63, 3.8) is 0 Å². The Bertz CT molecular complexity index is 236. The first-order valence-corrected chi connectivity index (χ1v) is 6.04. The highest BCUT2D eigenvalue weighted by molar-refractivity contribution is 5.76. The van der Waals surface area contributed by atoms with E-state index in [1.807, 2.05) is 6.92 Å². The third-order valence-corrected chi connectivity index (χ3v) is 2.73. The number of carbonyl (C=O) groups is 1. The molecule has 0 spiro atoms. The maximum Gasteiger partial charge on any atom is 0.221 e. The highest BCUT2D eigenvalue weighted by Crippen LogP contribution is 2.12. The van der Waals surface area contributed by atoms with E-state index < -0.39 is 0 Å². The summed E-state index contributed by atoms with van der Waals surface area (Å²) in [6.07, 6.45) is 1.61. The molecule has 1 rings (SSSR count). The van der Waals surface area contributed by atoms with Crippen LogP contribution in [0.25, 0.3) is 0 Å². The van der Waals surface area contributed by atoms with Gasteiger partial charge >= 0.3 is 0 Å². The lowest BCUT2D eigenvalue weighted by Crippen LogP contribution is -2.42. The van der Waals surface area contributed by atoms with Crippen molar-refractivity contribution in [1.29, 1.82) is 0 Å². The van der Waals surface area contributed by atoms with E-state index >= 15 is 0 Å². The first-order chi connectivity index (χ1) is 7.38. The zero-order valence-electron chi connectivity index (χ0n) is 10.8. The number of nitrogens with one attached hydrogen (secondary N) is 2. The number of hydrogen-bond acceptors (Lipinski definition) is 3. The number of rotatable bonds is 4. The molecule has 0 aromatic rings. The lowest BCUT2D eigenvalue weighted by molar-refractivity contribution is -0.122. The molecule has 0 aromatic heterocycles. The number of hydrogen-bond donors (Lipinski definition) is 2. The van der Waals surface area contributed by atoms with Crippen LogP contribution in [-0.4, -0.2) is 36.7 Å². The van der Waals surface area contributed by atoms with E-state index in [0.717, 1.165) is 19.6 Å². The molecule has 4 heteroatoms. The lowest BCUT2D eigenvalue weighted by Gasteiger charge is -2.21. The van der Waals surface area contributed by atoms with Crippen LogP contribution in [0.5, 0.6) is 0 Å². The molecule has 2 atom stereocenters. The van der Waals surface area contributed by atoms with E-state index in [4.69, 9.17) is 4.74 Å². The summed E-state index contributed by atoms with van der Waals surface area (Å²) >= 11 is 0. The highest BCUT2D eigenvalue weighted by atomic mass is 16.5. The standard InChI is InChI=1S/C12H24N2O2/c1-9-10(6-8-16-9)14-11(15)5-7-13-12(2,3)4/h9-10,13H,5-8H2,1-4H3,(H,14,15). The van der Waals surface area contributed by atoms with Gasteiger partial charge in [0, 0.05) is 25.1 Å². The fourth-order valence-corrected chi connectivity index (χ4v) is 1.75. The summed E-state index contributed by atoms with van der Waals surface area (Å²) in [5.74, 6) is 0.110. The molecule has 0 aromatic carbocycles. The molecule has 1 heterocycles. The van der Waals surface area contributed by atoms with Gasteiger partial charge in [0.25, 0.3) is 0 Å². The van der Waals surface area contributed by atoms with E-state index in [0.29, 0.717) is 6.42 Å². The fourth-order valence-electron chi connectivity index (χ4n) is 1.75. The second-order valence-corrected chi connectivity index (χ2v) is 5.47. The average molecular weight is 228 g/mol. The van der Waals surface area contributed by atoms with Crippen LogP contribution in [0.2, 0.25) is 0 Å². The van der Waals surface area contributed by atoms with Gasteiger partial charge in [-0.1, -0.05) is 0 Å². The summed E-state index contributed by atoms with van der Waals surface area (Å²) in [5, 5.41) is 6.31. The maximum absolute atomic E-state index is 11.6. The third-order valence-electron chi connectivity index (χ3n) is 2.73. The van der Waals surface area contributed by atoms with Crippen LogP contribution in [0.1, 0.15) is 40.5 Å². The van der Waals surface area contributed by atoms with Crippen LogP contribution < -0.4 is 10.6 Å². The van der Waals surface area contributed by atoms with Crippen LogP contribution in [-0.2, 0) is 9.53 Å². The number of ether oxygens (including phenoxy) is 1. The van der Waals surface area contributed by atoms with Gasteiger partial charge in [0.1, 0.15) is 0 Å². The molecular weight excluding hydrogens is 204 g/mol. The van der Waals surface area contributed by atoms with Gasteiger partial charge in [-0.3, -0.25) is 4.79 Å². The van der Waals surface area contributed by atoms with Crippen LogP contribution in [0.4, 0.5) is 0 Å². The molecule has 0 saturated carbocycles. The Balaban J connectivity index is 2.16. The van der Waals surface area contributed by atoms with E-state index in [1.165, 1.54) is 0 Å². The summed E-state index contributed by atoms with van der Waals surface area (Å²) in [6, 6.07) is 0.196. The molecule has 0 bridgehead atoms. The van der Waals surface area contributed by atoms with Crippen LogP contribution in [0.3, 0.4) is 0 Å². The molecule has 94 valence electrons. The van der Waals surface area contributed by atoms with Crippen molar-refractivity contribution in [3.8, 4) is 0 Å². The molecule has 4 nitrogen and oxygen atoms in total. The zero-order valence-corrected chi connectivity index (χ0v) is 10.8. The van der Waals surface area contributed by atoms with Crippen LogP contribution >= 0.6 is 0 Å². The number of amides is 1. The zero-order chi connectivity index (χ0) is 12.2. The van der Waals surface area contributed by atoms with Crippen molar-refractivity contribution >= 4 is 5.91 Å². The summed E-state index contributed by atoms with van der Waals surface area (Å²) in [7, 11) is 0. The molecule has 1 aliphatic heterocycles. The van der Waals surface area contributed by atoms with Gasteiger partial charge in [-0.2, -0.15) is 0 Å². The normalized spacial score (nSPS) is 25.8. The van der Waals surface area contributed by atoms with E-state index in [2.05, 4.69) is 31.4 Å². The van der Waals surface area contributed by atoms with Gasteiger partial charge in [-0.25, -0.2) is 0 Å². The molecule has 1 fully saturated rings. The molecule has 2 unspecified atom stereocenters. The van der Waals surface area contributed by atoms with E-state index in [9.17, 15) is 4.79 Å². The molecule has 1 amide bonds. The SMILES string of the molecule is CC1OCCC1NC(=O)CCNC(C)(C)C. The lowest BCUT2D eigenvalue weighted by atomic mass is 10.1. The highest BCUT2D eigenvalue weighted by Gasteiger charge is 2.25. The summed E-state index contributed by atoms with van der Waals surface area (Å²) < 4.78 is 5.39. The van der Waals surface area contributed by atoms with Gasteiger partial charge in [-0.15, -0.1) is 0 Å². The maximum atomic E-state index is 11.6. The Hall–Kier alpha value is -0.610. The predicted molar refractivity (Wildman–Crippen MR) is 64.3 cm³/mol. The largest absolute Gasteiger partial charge is 0.376 e. The Kier molecular flexibility index (Phi) is 4.74. The molecule has 1 aliphatic rings. The molecule has 1 saturated heterocycles. The molecule has 2 N–H and O–H groups in total. The summed E-state index contributed by atoms with van der Waals surface area (Å²) in [5.41, 5.74) is 0.0735. The first kappa shape index (κ1) is 13.5. The summed E-state index contributed by atoms with van der Waals surface area (Å²) in [4.78, 5) is 11.6. The van der Waals surface area contributed by atoms with Gasteiger partial charge in [-0.05, 0) is 34.1 Å².